The average molecular weight is 500 g/mol. The van der Waals surface area contributed by atoms with Crippen molar-refractivity contribution in [2.75, 3.05) is 37.4 Å². The predicted molar refractivity (Wildman–Crippen MR) is 131 cm³/mol. The molecule has 1 amide bonds. The normalized spacial score (nSPS) is 15.2. The maximum atomic E-state index is 13.5. The smallest absolute Gasteiger partial charge is 0.307 e. The Morgan fingerprint density at radius 3 is 2.91 bits per heavy atom. The lowest BCUT2D eigenvalue weighted by molar-refractivity contribution is -0.137. The highest BCUT2D eigenvalue weighted by atomic mass is 35.5. The lowest BCUT2D eigenvalue weighted by Crippen LogP contribution is -2.35. The zero-order valence-corrected chi connectivity index (χ0v) is 19.6. The number of cyclic esters (lactones) is 1. The highest BCUT2D eigenvalue weighted by Gasteiger charge is 2.27. The Morgan fingerprint density at radius 1 is 1.37 bits per heavy atom. The van der Waals surface area contributed by atoms with Crippen molar-refractivity contribution >= 4 is 51.6 Å². The molecule has 2 N–H and O–H groups in total. The van der Waals surface area contributed by atoms with E-state index in [2.05, 4.69) is 27.2 Å². The summed E-state index contributed by atoms with van der Waals surface area (Å²) >= 11 is 5.89. The molecule has 2 heterocycles. The van der Waals surface area contributed by atoms with Crippen LogP contribution >= 0.6 is 11.6 Å². The number of carbonyl (C=O) groups is 2. The molecule has 9 nitrogen and oxygen atoms in total. The molecule has 0 saturated carbocycles. The summed E-state index contributed by atoms with van der Waals surface area (Å²) in [6.07, 6.45) is 2.88. The first kappa shape index (κ1) is 24.4. The quantitative estimate of drug-likeness (QED) is 0.337. The first-order valence-corrected chi connectivity index (χ1v) is 11.1. The minimum Gasteiger partial charge on any atom is -0.490 e. The minimum absolute atomic E-state index is 0.00369. The van der Waals surface area contributed by atoms with E-state index in [0.717, 1.165) is 6.08 Å². The van der Waals surface area contributed by atoms with Crippen LogP contribution in [0, 0.1) is 5.82 Å². The maximum absolute atomic E-state index is 13.5. The van der Waals surface area contributed by atoms with E-state index in [-0.39, 0.29) is 17.0 Å². The lowest BCUT2D eigenvalue weighted by Gasteiger charge is -2.22. The van der Waals surface area contributed by atoms with Gasteiger partial charge < -0.3 is 20.1 Å². The fraction of sp³-hybridized carbons (Fsp3) is 0.250. The Balaban J connectivity index is 1.58. The van der Waals surface area contributed by atoms with Crippen molar-refractivity contribution in [2.24, 2.45) is 0 Å². The molecule has 0 spiro atoms. The molecule has 182 valence electrons. The van der Waals surface area contributed by atoms with Crippen LogP contribution in [0.1, 0.15) is 6.42 Å². The maximum Gasteiger partial charge on any atom is 0.307 e. The van der Waals surface area contributed by atoms with Crippen molar-refractivity contribution in [3.63, 3.8) is 0 Å². The topological polar surface area (TPSA) is 106 Å². The second-order valence-corrected chi connectivity index (χ2v) is 8.31. The Morgan fingerprint density at radius 2 is 2.20 bits per heavy atom. The second kappa shape index (κ2) is 10.7. The van der Waals surface area contributed by atoms with Crippen LogP contribution in [-0.2, 0) is 14.3 Å². The van der Waals surface area contributed by atoms with Gasteiger partial charge in [0, 0.05) is 23.7 Å². The van der Waals surface area contributed by atoms with Gasteiger partial charge in [-0.3, -0.25) is 14.5 Å². The SMILES string of the molecule is C=CC(=O)Nc1cc2c(Nc3ccc(F)c(Cl)c3)ncnc2cc1OCCN(C)C1COC(=O)C1. The molecule has 1 saturated heterocycles. The van der Waals surface area contributed by atoms with Crippen LogP contribution in [0.25, 0.3) is 10.9 Å². The third-order valence-electron chi connectivity index (χ3n) is 5.53. The van der Waals surface area contributed by atoms with Crippen LogP contribution in [-0.4, -0.2) is 59.6 Å². The van der Waals surface area contributed by atoms with Crippen LogP contribution in [0.3, 0.4) is 0 Å². The van der Waals surface area contributed by atoms with E-state index in [9.17, 15) is 14.0 Å². The standard InChI is InChI=1S/C24H23ClFN5O4/c1-3-22(32)30-20-10-16-19(11-21(20)34-7-6-31(2)15-9-23(33)35-12-15)27-13-28-24(16)29-14-4-5-18(26)17(25)8-14/h3-5,8,10-11,13,15H,1,6-7,9,12H2,2H3,(H,30,32)(H,27,28,29). The monoisotopic (exact) mass is 499 g/mol. The summed E-state index contributed by atoms with van der Waals surface area (Å²) in [6.45, 7) is 4.69. The number of carbonyl (C=O) groups excluding carboxylic acids is 2. The molecule has 11 heteroatoms. The molecule has 35 heavy (non-hydrogen) atoms. The molecule has 0 bridgehead atoms. The number of halogens is 2. The number of ether oxygens (including phenoxy) is 2. The second-order valence-electron chi connectivity index (χ2n) is 7.91. The van der Waals surface area contributed by atoms with E-state index in [1.165, 1.54) is 24.5 Å². The first-order chi connectivity index (χ1) is 16.8. The average Bonchev–Trinajstić information content (AvgIpc) is 3.28. The number of aromatic nitrogens is 2. The van der Waals surface area contributed by atoms with Crippen LogP contribution in [0.15, 0.2) is 49.3 Å². The predicted octanol–water partition coefficient (Wildman–Crippen LogP) is 3.92. The molecule has 4 rings (SSSR count). The van der Waals surface area contributed by atoms with Gasteiger partial charge in [0.2, 0.25) is 5.91 Å². The van der Waals surface area contributed by atoms with Gasteiger partial charge in [-0.1, -0.05) is 18.2 Å². The minimum atomic E-state index is -0.529. The van der Waals surface area contributed by atoms with Crippen molar-refractivity contribution in [1.82, 2.24) is 14.9 Å². The third kappa shape index (κ3) is 5.84. The zero-order chi connectivity index (χ0) is 24.9. The summed E-state index contributed by atoms with van der Waals surface area (Å²) in [5, 5.41) is 6.41. The van der Waals surface area contributed by atoms with Crippen molar-refractivity contribution in [3.05, 3.63) is 60.2 Å². The van der Waals surface area contributed by atoms with Gasteiger partial charge in [-0.25, -0.2) is 14.4 Å². The summed E-state index contributed by atoms with van der Waals surface area (Å²) in [7, 11) is 1.89. The number of fused-ring (bicyclic) bond motifs is 1. The van der Waals surface area contributed by atoms with Crippen molar-refractivity contribution < 1.29 is 23.5 Å². The van der Waals surface area contributed by atoms with E-state index in [1.807, 2.05) is 11.9 Å². The fourth-order valence-corrected chi connectivity index (χ4v) is 3.74. The molecule has 2 aromatic carbocycles. The number of likely N-dealkylation sites (N-methyl/N-ethyl adjacent to an activating group) is 1. The number of nitrogens with zero attached hydrogens (tertiary/aromatic N) is 3. The van der Waals surface area contributed by atoms with Crippen LogP contribution in [0.2, 0.25) is 5.02 Å². The summed E-state index contributed by atoms with van der Waals surface area (Å²) in [5.41, 5.74) is 1.50. The van der Waals surface area contributed by atoms with Gasteiger partial charge in [0.05, 0.1) is 28.7 Å². The molecule has 1 aliphatic heterocycles. The summed E-state index contributed by atoms with van der Waals surface area (Å²) < 4.78 is 24.5. The van der Waals surface area contributed by atoms with Gasteiger partial charge in [0.1, 0.15) is 36.9 Å². The summed E-state index contributed by atoms with van der Waals surface area (Å²) in [6, 6.07) is 7.62. The molecular weight excluding hydrogens is 477 g/mol. The lowest BCUT2D eigenvalue weighted by atomic mass is 10.1. The van der Waals surface area contributed by atoms with Gasteiger partial charge in [0.25, 0.3) is 0 Å². The number of esters is 1. The van der Waals surface area contributed by atoms with E-state index in [1.54, 1.807) is 12.1 Å². The third-order valence-corrected chi connectivity index (χ3v) is 5.82. The van der Waals surface area contributed by atoms with Crippen LogP contribution in [0.4, 0.5) is 21.6 Å². The highest BCUT2D eigenvalue weighted by Crippen LogP contribution is 2.34. The fourth-order valence-electron chi connectivity index (χ4n) is 3.56. The van der Waals surface area contributed by atoms with Crippen molar-refractivity contribution in [2.45, 2.75) is 12.5 Å². The number of benzene rings is 2. The number of nitrogens with one attached hydrogen (secondary N) is 2. The zero-order valence-electron chi connectivity index (χ0n) is 18.9. The Labute approximate surface area is 205 Å². The van der Waals surface area contributed by atoms with Gasteiger partial charge in [-0.15, -0.1) is 0 Å². The van der Waals surface area contributed by atoms with Crippen LogP contribution < -0.4 is 15.4 Å². The van der Waals surface area contributed by atoms with E-state index < -0.39 is 11.7 Å². The van der Waals surface area contributed by atoms with Gasteiger partial charge in [-0.05, 0) is 37.4 Å². The van der Waals surface area contributed by atoms with Gasteiger partial charge in [0.15, 0.2) is 0 Å². The molecule has 1 aliphatic rings. The molecule has 0 radical (unpaired) electrons. The van der Waals surface area contributed by atoms with Gasteiger partial charge >= 0.3 is 5.97 Å². The Bertz CT molecular complexity index is 1290. The van der Waals surface area contributed by atoms with Crippen molar-refractivity contribution in [1.29, 1.82) is 0 Å². The van der Waals surface area contributed by atoms with E-state index in [0.29, 0.717) is 60.0 Å². The molecule has 0 aliphatic carbocycles. The molecule has 1 aromatic heterocycles. The Kier molecular flexibility index (Phi) is 7.42. The molecule has 1 unspecified atom stereocenters. The molecule has 3 aromatic rings. The number of amides is 1. The van der Waals surface area contributed by atoms with Crippen LogP contribution in [0.5, 0.6) is 5.75 Å². The molecule has 1 atom stereocenters. The van der Waals surface area contributed by atoms with Gasteiger partial charge in [-0.2, -0.15) is 0 Å². The number of hydrogen-bond acceptors (Lipinski definition) is 8. The molecule has 1 fully saturated rings. The largest absolute Gasteiger partial charge is 0.490 e. The number of rotatable bonds is 9. The van der Waals surface area contributed by atoms with Crippen molar-refractivity contribution in [3.8, 4) is 5.75 Å². The number of anilines is 3. The summed E-state index contributed by atoms with van der Waals surface area (Å²) in [4.78, 5) is 34.0. The highest BCUT2D eigenvalue weighted by molar-refractivity contribution is 6.31. The number of hydrogen-bond donors (Lipinski definition) is 2. The first-order valence-electron chi connectivity index (χ1n) is 10.8. The van der Waals surface area contributed by atoms with E-state index >= 15 is 0 Å². The Hall–Kier alpha value is -3.76. The summed E-state index contributed by atoms with van der Waals surface area (Å²) in [5.74, 6) is -0.305. The molecular formula is C24H23ClFN5O4. The van der Waals surface area contributed by atoms with E-state index in [4.69, 9.17) is 21.1 Å².